The van der Waals surface area contributed by atoms with Crippen molar-refractivity contribution < 1.29 is 0 Å². The number of benzene rings is 1. The van der Waals surface area contributed by atoms with Crippen LogP contribution < -0.4 is 0 Å². The van der Waals surface area contributed by atoms with Gasteiger partial charge in [-0.25, -0.2) is 0 Å². The molecule has 0 bridgehead atoms. The highest BCUT2D eigenvalue weighted by Gasteiger charge is 1.99. The molecule has 0 amide bonds. The molecule has 0 aromatic heterocycles. The molecule has 0 aliphatic rings. The third-order valence-corrected chi connectivity index (χ3v) is 3.95. The van der Waals surface area contributed by atoms with E-state index in [9.17, 15) is 0 Å². The molecular formula is C10H13IS. The van der Waals surface area contributed by atoms with Crippen LogP contribution in [0.2, 0.25) is 0 Å². The Morgan fingerprint density at radius 1 is 1.33 bits per heavy atom. The third-order valence-electron chi connectivity index (χ3n) is 1.70. The number of thioether (sulfide) groups is 1. The summed E-state index contributed by atoms with van der Waals surface area (Å²) in [5, 5.41) is 0. The van der Waals surface area contributed by atoms with Crippen molar-refractivity contribution in [1.82, 2.24) is 0 Å². The van der Waals surface area contributed by atoms with Crippen molar-refractivity contribution in [2.45, 2.75) is 25.2 Å². The fourth-order valence-corrected chi connectivity index (χ4v) is 2.59. The zero-order valence-corrected chi connectivity index (χ0v) is 10.4. The van der Waals surface area contributed by atoms with Crippen LogP contribution in [0.25, 0.3) is 0 Å². The maximum absolute atomic E-state index is 2.40. The SMILES string of the molecule is CCSc1cc(CC)ccc1I. The number of rotatable bonds is 3. The molecule has 0 fully saturated rings. The van der Waals surface area contributed by atoms with Gasteiger partial charge in [-0.05, 0) is 52.5 Å². The van der Waals surface area contributed by atoms with Gasteiger partial charge in [0.2, 0.25) is 0 Å². The van der Waals surface area contributed by atoms with E-state index in [-0.39, 0.29) is 0 Å². The summed E-state index contributed by atoms with van der Waals surface area (Å²) in [5.74, 6) is 1.16. The molecule has 0 saturated heterocycles. The van der Waals surface area contributed by atoms with E-state index < -0.39 is 0 Å². The van der Waals surface area contributed by atoms with E-state index in [0.29, 0.717) is 0 Å². The molecule has 0 radical (unpaired) electrons. The Morgan fingerprint density at radius 2 is 2.08 bits per heavy atom. The Morgan fingerprint density at radius 3 is 2.67 bits per heavy atom. The minimum Gasteiger partial charge on any atom is -0.125 e. The molecule has 0 unspecified atom stereocenters. The van der Waals surface area contributed by atoms with Gasteiger partial charge < -0.3 is 0 Å². The first kappa shape index (κ1) is 10.4. The van der Waals surface area contributed by atoms with Crippen molar-refractivity contribution in [2.75, 3.05) is 5.75 Å². The van der Waals surface area contributed by atoms with Crippen LogP contribution in [-0.2, 0) is 6.42 Å². The van der Waals surface area contributed by atoms with Gasteiger partial charge in [-0.1, -0.05) is 19.9 Å². The lowest BCUT2D eigenvalue weighted by molar-refractivity contribution is 1.12. The molecule has 0 saturated carbocycles. The lowest BCUT2D eigenvalue weighted by atomic mass is 10.2. The van der Waals surface area contributed by atoms with E-state index in [2.05, 4.69) is 54.6 Å². The Bertz CT molecular complexity index is 258. The first-order chi connectivity index (χ1) is 5.77. The molecule has 0 atom stereocenters. The maximum Gasteiger partial charge on any atom is 0.0266 e. The van der Waals surface area contributed by atoms with E-state index in [1.807, 2.05) is 11.8 Å². The van der Waals surface area contributed by atoms with Gasteiger partial charge in [0.05, 0.1) is 0 Å². The van der Waals surface area contributed by atoms with Gasteiger partial charge in [-0.3, -0.25) is 0 Å². The van der Waals surface area contributed by atoms with Gasteiger partial charge in [0, 0.05) is 8.47 Å². The van der Waals surface area contributed by atoms with Crippen LogP contribution in [0.4, 0.5) is 0 Å². The maximum atomic E-state index is 2.40. The van der Waals surface area contributed by atoms with E-state index in [1.165, 1.54) is 14.0 Å². The fraction of sp³-hybridized carbons (Fsp3) is 0.400. The smallest absolute Gasteiger partial charge is 0.0266 e. The van der Waals surface area contributed by atoms with Crippen LogP contribution in [0.1, 0.15) is 19.4 Å². The molecule has 0 aliphatic heterocycles. The van der Waals surface area contributed by atoms with Crippen molar-refractivity contribution in [1.29, 1.82) is 0 Å². The molecule has 2 heteroatoms. The summed E-state index contributed by atoms with van der Waals surface area (Å²) < 4.78 is 1.37. The number of hydrogen-bond acceptors (Lipinski definition) is 1. The van der Waals surface area contributed by atoms with Crippen molar-refractivity contribution in [3.63, 3.8) is 0 Å². The largest absolute Gasteiger partial charge is 0.125 e. The van der Waals surface area contributed by atoms with Crippen LogP contribution in [0.15, 0.2) is 23.1 Å². The molecule has 0 spiro atoms. The molecule has 0 nitrogen and oxygen atoms in total. The Kier molecular flexibility index (Phi) is 4.43. The predicted octanol–water partition coefficient (Wildman–Crippen LogP) is 3.97. The van der Waals surface area contributed by atoms with E-state index in [1.54, 1.807) is 0 Å². The molecule has 1 aromatic rings. The van der Waals surface area contributed by atoms with Gasteiger partial charge in [-0.15, -0.1) is 11.8 Å². The molecule has 0 aliphatic carbocycles. The van der Waals surface area contributed by atoms with Crippen LogP contribution in [0, 0.1) is 3.57 Å². The summed E-state index contributed by atoms with van der Waals surface area (Å²) in [6.07, 6.45) is 1.13. The van der Waals surface area contributed by atoms with Gasteiger partial charge in [-0.2, -0.15) is 0 Å². The van der Waals surface area contributed by atoms with Crippen LogP contribution in [0.5, 0.6) is 0 Å². The fourth-order valence-electron chi connectivity index (χ4n) is 1.03. The van der Waals surface area contributed by atoms with Gasteiger partial charge in [0.1, 0.15) is 0 Å². The minimum atomic E-state index is 1.13. The molecular weight excluding hydrogens is 279 g/mol. The number of hydrogen-bond donors (Lipinski definition) is 0. The lowest BCUT2D eigenvalue weighted by Crippen LogP contribution is -1.84. The van der Waals surface area contributed by atoms with Gasteiger partial charge in [0.15, 0.2) is 0 Å². The minimum absolute atomic E-state index is 1.13. The second kappa shape index (κ2) is 5.12. The second-order valence-corrected chi connectivity index (χ2v) is 5.02. The standard InChI is InChI=1S/C10H13IS/c1-3-8-5-6-9(11)10(7-8)12-4-2/h5-7H,3-4H2,1-2H3. The highest BCUT2D eigenvalue weighted by atomic mass is 127. The third kappa shape index (κ3) is 2.66. The first-order valence-corrected chi connectivity index (χ1v) is 6.25. The summed E-state index contributed by atoms with van der Waals surface area (Å²) >= 11 is 4.32. The lowest BCUT2D eigenvalue weighted by Gasteiger charge is -2.04. The van der Waals surface area contributed by atoms with E-state index in [0.717, 1.165) is 12.2 Å². The van der Waals surface area contributed by atoms with Crippen molar-refractivity contribution in [2.24, 2.45) is 0 Å². The van der Waals surface area contributed by atoms with Gasteiger partial charge in [0.25, 0.3) is 0 Å². The summed E-state index contributed by atoms with van der Waals surface area (Å²) in [4.78, 5) is 1.43. The number of aryl methyl sites for hydroxylation is 1. The van der Waals surface area contributed by atoms with Crippen LogP contribution in [0.3, 0.4) is 0 Å². The predicted molar refractivity (Wildman–Crippen MR) is 64.9 cm³/mol. The highest BCUT2D eigenvalue weighted by molar-refractivity contribution is 14.1. The second-order valence-electron chi connectivity index (χ2n) is 2.55. The van der Waals surface area contributed by atoms with Crippen molar-refractivity contribution >= 4 is 34.4 Å². The van der Waals surface area contributed by atoms with Gasteiger partial charge >= 0.3 is 0 Å². The zero-order valence-electron chi connectivity index (χ0n) is 7.43. The summed E-state index contributed by atoms with van der Waals surface area (Å²) in [5.41, 5.74) is 1.44. The van der Waals surface area contributed by atoms with Crippen LogP contribution in [-0.4, -0.2) is 5.75 Å². The van der Waals surface area contributed by atoms with E-state index in [4.69, 9.17) is 0 Å². The zero-order chi connectivity index (χ0) is 8.97. The summed E-state index contributed by atoms with van der Waals surface area (Å²) in [6, 6.07) is 6.72. The highest BCUT2D eigenvalue weighted by Crippen LogP contribution is 2.25. The number of halogens is 1. The Hall–Kier alpha value is 0.300. The Balaban J connectivity index is 2.91. The molecule has 0 heterocycles. The topological polar surface area (TPSA) is 0 Å². The van der Waals surface area contributed by atoms with Crippen molar-refractivity contribution in [3.8, 4) is 0 Å². The van der Waals surface area contributed by atoms with Crippen molar-refractivity contribution in [3.05, 3.63) is 27.3 Å². The Labute approximate surface area is 92.3 Å². The van der Waals surface area contributed by atoms with Crippen LogP contribution >= 0.6 is 34.4 Å². The summed E-state index contributed by atoms with van der Waals surface area (Å²) in [6.45, 7) is 4.39. The molecule has 1 rings (SSSR count). The molecule has 66 valence electrons. The monoisotopic (exact) mass is 292 g/mol. The summed E-state index contributed by atoms with van der Waals surface area (Å²) in [7, 11) is 0. The average molecular weight is 292 g/mol. The molecule has 0 N–H and O–H groups in total. The molecule has 1 aromatic carbocycles. The molecule has 12 heavy (non-hydrogen) atoms. The normalized spacial score (nSPS) is 10.2. The quantitative estimate of drug-likeness (QED) is 0.600. The van der Waals surface area contributed by atoms with E-state index >= 15 is 0 Å². The average Bonchev–Trinajstić information content (AvgIpc) is 2.09. The first-order valence-electron chi connectivity index (χ1n) is 4.19.